The molecule has 0 aromatic rings. The van der Waals surface area contributed by atoms with Gasteiger partial charge in [-0.15, -0.1) is 0 Å². The third-order valence-corrected chi connectivity index (χ3v) is 3.86. The normalized spacial score (nSPS) is 25.4. The minimum Gasteiger partial charge on any atom is -0.465 e. The summed E-state index contributed by atoms with van der Waals surface area (Å²) in [5, 5.41) is 3.32. The van der Waals surface area contributed by atoms with Crippen LogP contribution in [0.25, 0.3) is 0 Å². The zero-order valence-corrected chi connectivity index (χ0v) is 13.8. The van der Waals surface area contributed by atoms with Gasteiger partial charge in [0, 0.05) is 31.7 Å². The molecule has 118 valence electrons. The quantitative estimate of drug-likeness (QED) is 0.701. The van der Waals surface area contributed by atoms with Crippen LogP contribution in [0.4, 0.5) is 0 Å². The number of rotatable bonds is 7. The van der Waals surface area contributed by atoms with Gasteiger partial charge in [-0.3, -0.25) is 9.69 Å². The van der Waals surface area contributed by atoms with Crippen LogP contribution in [0.5, 0.6) is 0 Å². The zero-order valence-electron chi connectivity index (χ0n) is 13.8. The van der Waals surface area contributed by atoms with Gasteiger partial charge in [0.25, 0.3) is 0 Å². The Kier molecular flexibility index (Phi) is 6.92. The first-order valence-electron chi connectivity index (χ1n) is 7.66. The van der Waals surface area contributed by atoms with Crippen LogP contribution in [0, 0.1) is 5.92 Å². The molecule has 1 aliphatic rings. The summed E-state index contributed by atoms with van der Waals surface area (Å²) in [6.07, 6.45) is 0. The first kappa shape index (κ1) is 17.4. The summed E-state index contributed by atoms with van der Waals surface area (Å²) in [6.45, 7) is 11.5. The van der Waals surface area contributed by atoms with Gasteiger partial charge in [0.15, 0.2) is 0 Å². The van der Waals surface area contributed by atoms with Crippen LogP contribution in [0.2, 0.25) is 0 Å². The molecule has 1 aliphatic heterocycles. The van der Waals surface area contributed by atoms with Gasteiger partial charge in [-0.1, -0.05) is 20.8 Å². The summed E-state index contributed by atoms with van der Waals surface area (Å²) in [4.78, 5) is 16.7. The van der Waals surface area contributed by atoms with E-state index in [-0.39, 0.29) is 18.1 Å². The lowest BCUT2D eigenvalue weighted by Crippen LogP contribution is -2.49. The number of carbonyl (C=O) groups is 1. The maximum absolute atomic E-state index is 12.0. The zero-order chi connectivity index (χ0) is 15.3. The number of carbonyl (C=O) groups excluding carboxylic acids is 1. The van der Waals surface area contributed by atoms with Crippen molar-refractivity contribution in [1.82, 2.24) is 15.1 Å². The summed E-state index contributed by atoms with van der Waals surface area (Å²) < 4.78 is 5.18. The molecule has 5 heteroatoms. The number of hydrogen-bond donors (Lipinski definition) is 1. The van der Waals surface area contributed by atoms with Crippen LogP contribution < -0.4 is 5.32 Å². The molecule has 0 amide bonds. The second-order valence-electron chi connectivity index (χ2n) is 6.35. The molecular formula is C15H31N3O2. The van der Waals surface area contributed by atoms with Crippen LogP contribution in [-0.2, 0) is 9.53 Å². The number of esters is 1. The van der Waals surface area contributed by atoms with Crippen LogP contribution in [-0.4, -0.2) is 74.2 Å². The molecule has 1 N–H and O–H groups in total. The van der Waals surface area contributed by atoms with E-state index in [2.05, 4.69) is 50.0 Å². The third-order valence-electron chi connectivity index (χ3n) is 3.86. The Hall–Kier alpha value is -0.650. The van der Waals surface area contributed by atoms with Gasteiger partial charge in [-0.25, -0.2) is 0 Å². The van der Waals surface area contributed by atoms with Crippen LogP contribution >= 0.6 is 0 Å². The predicted molar refractivity (Wildman–Crippen MR) is 81.8 cm³/mol. The van der Waals surface area contributed by atoms with Crippen molar-refractivity contribution < 1.29 is 9.53 Å². The Labute approximate surface area is 123 Å². The molecule has 20 heavy (non-hydrogen) atoms. The molecule has 3 unspecified atom stereocenters. The summed E-state index contributed by atoms with van der Waals surface area (Å²) in [6, 6.07) is 0.606. The smallest absolute Gasteiger partial charge is 0.324 e. The summed E-state index contributed by atoms with van der Waals surface area (Å²) >= 11 is 0. The predicted octanol–water partition coefficient (Wildman–Crippen LogP) is 0.798. The fourth-order valence-electron chi connectivity index (χ4n) is 2.97. The van der Waals surface area contributed by atoms with E-state index in [4.69, 9.17) is 4.74 Å². The Morgan fingerprint density at radius 2 is 2.05 bits per heavy atom. The Bertz CT molecular complexity index is 307. The number of hydrogen-bond acceptors (Lipinski definition) is 5. The molecule has 0 spiro atoms. The molecule has 5 nitrogen and oxygen atoms in total. The minimum atomic E-state index is -0.233. The first-order chi connectivity index (χ1) is 9.35. The van der Waals surface area contributed by atoms with Crippen molar-refractivity contribution in [2.75, 3.05) is 40.3 Å². The number of likely N-dealkylation sites (tertiary alicyclic amines) is 1. The van der Waals surface area contributed by atoms with E-state index < -0.39 is 0 Å². The number of nitrogens with zero attached hydrogens (tertiary/aromatic N) is 2. The Morgan fingerprint density at radius 1 is 1.40 bits per heavy atom. The SMILES string of the molecule is CCOC(=O)C(CN1CC(C)C(N(C)C)C1)NC(C)C. The van der Waals surface area contributed by atoms with E-state index in [1.165, 1.54) is 0 Å². The highest BCUT2D eigenvalue weighted by Gasteiger charge is 2.33. The van der Waals surface area contributed by atoms with E-state index in [9.17, 15) is 4.79 Å². The maximum Gasteiger partial charge on any atom is 0.324 e. The molecule has 1 saturated heterocycles. The van der Waals surface area contributed by atoms with Gasteiger partial charge in [0.05, 0.1) is 6.61 Å². The van der Waals surface area contributed by atoms with Crippen molar-refractivity contribution in [3.8, 4) is 0 Å². The van der Waals surface area contributed by atoms with E-state index in [0.29, 0.717) is 18.6 Å². The standard InChI is InChI=1S/C15H31N3O2/c1-7-20-15(19)13(16-11(2)3)9-18-8-12(4)14(10-18)17(5)6/h11-14,16H,7-10H2,1-6H3. The highest BCUT2D eigenvalue weighted by molar-refractivity contribution is 5.76. The average Bonchev–Trinajstić information content (AvgIpc) is 2.69. The molecule has 0 bridgehead atoms. The fourth-order valence-corrected chi connectivity index (χ4v) is 2.97. The van der Waals surface area contributed by atoms with Gasteiger partial charge in [0.2, 0.25) is 0 Å². The van der Waals surface area contributed by atoms with E-state index in [1.807, 2.05) is 6.92 Å². The molecule has 0 aliphatic carbocycles. The third kappa shape index (κ3) is 5.04. The molecule has 3 atom stereocenters. The van der Waals surface area contributed by atoms with Crippen LogP contribution in [0.15, 0.2) is 0 Å². The number of likely N-dealkylation sites (N-methyl/N-ethyl adjacent to an activating group) is 1. The molecule has 1 heterocycles. The van der Waals surface area contributed by atoms with Gasteiger partial charge in [-0.2, -0.15) is 0 Å². The fraction of sp³-hybridized carbons (Fsp3) is 0.933. The van der Waals surface area contributed by atoms with Crippen molar-refractivity contribution in [3.63, 3.8) is 0 Å². The summed E-state index contributed by atoms with van der Waals surface area (Å²) in [5.41, 5.74) is 0. The lowest BCUT2D eigenvalue weighted by atomic mass is 10.1. The average molecular weight is 285 g/mol. The lowest BCUT2D eigenvalue weighted by molar-refractivity contribution is -0.146. The van der Waals surface area contributed by atoms with E-state index >= 15 is 0 Å². The first-order valence-corrected chi connectivity index (χ1v) is 7.66. The van der Waals surface area contributed by atoms with Gasteiger partial charge in [0.1, 0.15) is 6.04 Å². The van der Waals surface area contributed by atoms with Crippen molar-refractivity contribution in [2.24, 2.45) is 5.92 Å². The van der Waals surface area contributed by atoms with Crippen molar-refractivity contribution >= 4 is 5.97 Å². The van der Waals surface area contributed by atoms with Crippen LogP contribution in [0.1, 0.15) is 27.7 Å². The maximum atomic E-state index is 12.0. The van der Waals surface area contributed by atoms with E-state index in [1.54, 1.807) is 0 Å². The highest BCUT2D eigenvalue weighted by Crippen LogP contribution is 2.20. The number of ether oxygens (including phenoxy) is 1. The van der Waals surface area contributed by atoms with Gasteiger partial charge >= 0.3 is 5.97 Å². The van der Waals surface area contributed by atoms with Gasteiger partial charge < -0.3 is 15.0 Å². The molecule has 0 radical (unpaired) electrons. The molecule has 1 fully saturated rings. The monoisotopic (exact) mass is 285 g/mol. The lowest BCUT2D eigenvalue weighted by Gasteiger charge is -2.26. The molecule has 0 aromatic heterocycles. The molecule has 0 saturated carbocycles. The Balaban J connectivity index is 2.59. The topological polar surface area (TPSA) is 44.8 Å². The summed E-state index contributed by atoms with van der Waals surface area (Å²) in [5.74, 6) is 0.494. The van der Waals surface area contributed by atoms with E-state index in [0.717, 1.165) is 19.6 Å². The van der Waals surface area contributed by atoms with Crippen molar-refractivity contribution in [1.29, 1.82) is 0 Å². The van der Waals surface area contributed by atoms with Crippen molar-refractivity contribution in [2.45, 2.75) is 45.8 Å². The Morgan fingerprint density at radius 3 is 2.50 bits per heavy atom. The van der Waals surface area contributed by atoms with Crippen LogP contribution in [0.3, 0.4) is 0 Å². The molecular weight excluding hydrogens is 254 g/mol. The molecule has 0 aromatic carbocycles. The summed E-state index contributed by atoms with van der Waals surface area (Å²) in [7, 11) is 4.25. The van der Waals surface area contributed by atoms with Gasteiger partial charge in [-0.05, 0) is 26.9 Å². The van der Waals surface area contributed by atoms with Crippen molar-refractivity contribution in [3.05, 3.63) is 0 Å². The largest absolute Gasteiger partial charge is 0.465 e. The highest BCUT2D eigenvalue weighted by atomic mass is 16.5. The second-order valence-corrected chi connectivity index (χ2v) is 6.35. The minimum absolute atomic E-state index is 0.137. The molecule has 1 rings (SSSR count). The second kappa shape index (κ2) is 7.96. The number of nitrogens with one attached hydrogen (secondary N) is 1.